The first kappa shape index (κ1) is 50.0. The minimum atomic E-state index is -5.13. The Morgan fingerprint density at radius 3 is 1.12 bits per heavy atom. The summed E-state index contributed by atoms with van der Waals surface area (Å²) < 4.78 is 98.1. The molecule has 8 aromatic rings. The quantitative estimate of drug-likeness (QED) is 0.0285. The number of anilines is 2. The van der Waals surface area contributed by atoms with Crippen LogP contribution in [0.3, 0.4) is 0 Å². The van der Waals surface area contributed by atoms with Crippen molar-refractivity contribution in [2.45, 2.75) is 19.6 Å². The molecule has 0 aliphatic heterocycles. The summed E-state index contributed by atoms with van der Waals surface area (Å²) >= 11 is 0. The number of carbonyl (C=O) groups is 2. The average Bonchev–Trinajstić information content (AvgIpc) is 3.34. The molecule has 8 aromatic carbocycles. The molecule has 0 aliphatic carbocycles. The SMILES string of the molecule is Nc1ccc(N=Nc2cccc(C(=O)O)c2)c2cc(S(=O)(=O)O)c(N=Nc3ccc(S(=O)(=O)c4ccc(N=Nc5c(S(=O)(=O)O)cc6c(N=Nc7cccc(C(=O)O)c7)ccc(N)c6c5O)cc4)cc3)c(O)c12. The third kappa shape index (κ3) is 10.4. The lowest BCUT2D eigenvalue weighted by Gasteiger charge is -2.12. The number of sulfone groups is 1. The van der Waals surface area contributed by atoms with E-state index in [0.29, 0.717) is 0 Å². The number of phenols is 2. The molecule has 0 saturated heterocycles. The van der Waals surface area contributed by atoms with Crippen LogP contribution < -0.4 is 11.5 Å². The second-order valence-corrected chi connectivity index (χ2v) is 20.0. The highest BCUT2D eigenvalue weighted by Crippen LogP contribution is 2.48. The van der Waals surface area contributed by atoms with Crippen molar-refractivity contribution in [3.05, 3.63) is 145 Å². The van der Waals surface area contributed by atoms with Crippen LogP contribution >= 0.6 is 0 Å². The third-order valence-corrected chi connectivity index (χ3v) is 14.1. The van der Waals surface area contributed by atoms with E-state index in [4.69, 9.17) is 11.5 Å². The van der Waals surface area contributed by atoms with Gasteiger partial charge in [0.2, 0.25) is 9.84 Å². The van der Waals surface area contributed by atoms with Crippen molar-refractivity contribution in [1.29, 1.82) is 0 Å². The fourth-order valence-electron chi connectivity index (χ4n) is 7.06. The van der Waals surface area contributed by atoms with E-state index < -0.39 is 74.7 Å². The summed E-state index contributed by atoms with van der Waals surface area (Å²) in [7, 11) is -14.5. The predicted molar refractivity (Wildman–Crippen MR) is 262 cm³/mol. The van der Waals surface area contributed by atoms with Crippen LogP contribution in [-0.4, -0.2) is 66.7 Å². The lowest BCUT2D eigenvalue weighted by Crippen LogP contribution is -2.01. The highest BCUT2D eigenvalue weighted by molar-refractivity contribution is 7.91. The van der Waals surface area contributed by atoms with Gasteiger partial charge in [0.1, 0.15) is 21.2 Å². The molecule has 0 heterocycles. The summed E-state index contributed by atoms with van der Waals surface area (Å²) in [5.74, 6) is -4.08. The number of carboxylic acid groups (broad SMARTS) is 2. The van der Waals surface area contributed by atoms with E-state index in [1.54, 1.807) is 0 Å². The highest BCUT2D eigenvalue weighted by Gasteiger charge is 2.27. The number of aromatic carboxylic acids is 2. The van der Waals surface area contributed by atoms with Gasteiger partial charge in [-0.05, 0) is 121 Å². The molecule has 0 fully saturated rings. The van der Waals surface area contributed by atoms with Gasteiger partial charge in [-0.3, -0.25) is 9.11 Å². The molecule has 24 nitrogen and oxygen atoms in total. The summed E-state index contributed by atoms with van der Waals surface area (Å²) in [5.41, 5.74) is 10.7. The number of fused-ring (bicyclic) bond motifs is 2. The van der Waals surface area contributed by atoms with E-state index in [1.807, 2.05) is 0 Å². The first-order valence-electron chi connectivity index (χ1n) is 20.4. The highest BCUT2D eigenvalue weighted by atomic mass is 32.2. The lowest BCUT2D eigenvalue weighted by molar-refractivity contribution is 0.0686. The normalized spacial score (nSPS) is 12.5. The maximum Gasteiger partial charge on any atom is 0.335 e. The monoisotopic (exact) mass is 1040 g/mol. The molecule has 0 bridgehead atoms. The summed E-state index contributed by atoms with van der Waals surface area (Å²) in [6.45, 7) is 0. The van der Waals surface area contributed by atoms with Crippen LogP contribution in [0, 0.1) is 0 Å². The van der Waals surface area contributed by atoms with E-state index >= 15 is 0 Å². The number of hydrogen-bond donors (Lipinski definition) is 8. The number of nitrogen functional groups attached to an aromatic ring is 2. The Morgan fingerprint density at radius 2 is 0.781 bits per heavy atom. The number of aromatic hydroxyl groups is 2. The van der Waals surface area contributed by atoms with Gasteiger partial charge in [-0.25, -0.2) is 18.0 Å². The van der Waals surface area contributed by atoms with Gasteiger partial charge in [0.25, 0.3) is 20.2 Å². The Labute approximate surface area is 411 Å². The minimum absolute atomic E-state index is 0.0339. The molecule has 0 unspecified atom stereocenters. The molecule has 73 heavy (non-hydrogen) atoms. The van der Waals surface area contributed by atoms with E-state index in [0.717, 1.165) is 36.4 Å². The summed E-state index contributed by atoms with van der Waals surface area (Å²) in [6.07, 6.45) is 0. The predicted octanol–water partition coefficient (Wildman–Crippen LogP) is 11.0. The van der Waals surface area contributed by atoms with E-state index in [9.17, 15) is 64.4 Å². The number of nitrogens with two attached hydrogens (primary N) is 2. The second kappa shape index (κ2) is 19.4. The number of azo groups is 4. The smallest absolute Gasteiger partial charge is 0.335 e. The molecule has 10 N–H and O–H groups in total. The van der Waals surface area contributed by atoms with Gasteiger partial charge >= 0.3 is 11.9 Å². The molecular formula is C46H32N10O14S3. The Morgan fingerprint density at radius 1 is 0.425 bits per heavy atom. The van der Waals surface area contributed by atoms with Crippen molar-refractivity contribution >= 4 is 120 Å². The van der Waals surface area contributed by atoms with Gasteiger partial charge in [0, 0.05) is 22.1 Å². The molecule has 0 saturated carbocycles. The zero-order valence-corrected chi connectivity index (χ0v) is 39.1. The van der Waals surface area contributed by atoms with Crippen LogP contribution in [-0.2, 0) is 30.1 Å². The zero-order valence-electron chi connectivity index (χ0n) is 36.6. The van der Waals surface area contributed by atoms with E-state index in [-0.39, 0.29) is 88.0 Å². The largest absolute Gasteiger partial charge is 0.505 e. The molecular weight excluding hydrogens is 1010 g/mol. The number of phenolic OH excluding ortho intramolecular Hbond substituents is 2. The second-order valence-electron chi connectivity index (χ2n) is 15.3. The molecule has 0 aliphatic rings. The topological polar surface area (TPSA) is 409 Å². The Kier molecular flexibility index (Phi) is 13.3. The maximum atomic E-state index is 13.7. The van der Waals surface area contributed by atoms with Crippen molar-refractivity contribution in [2.24, 2.45) is 40.9 Å². The number of hydrogen-bond acceptors (Lipinski definition) is 20. The number of benzene rings is 8. The van der Waals surface area contributed by atoms with E-state index in [1.165, 1.54) is 97.1 Å². The van der Waals surface area contributed by atoms with Gasteiger partial charge < -0.3 is 31.9 Å². The summed E-state index contributed by atoms with van der Waals surface area (Å²) in [4.78, 5) is 20.5. The van der Waals surface area contributed by atoms with Gasteiger partial charge in [-0.15, -0.1) is 20.5 Å². The molecule has 8 rings (SSSR count). The summed E-state index contributed by atoms with van der Waals surface area (Å²) in [5, 5.41) is 72.5. The molecule has 0 atom stereocenters. The maximum absolute atomic E-state index is 13.7. The number of rotatable bonds is 14. The van der Waals surface area contributed by atoms with Crippen molar-refractivity contribution < 1.29 is 64.4 Å². The van der Waals surface area contributed by atoms with Gasteiger partial charge in [0.15, 0.2) is 11.5 Å². The van der Waals surface area contributed by atoms with Crippen LogP contribution in [0.1, 0.15) is 20.7 Å². The van der Waals surface area contributed by atoms with Crippen molar-refractivity contribution in [3.63, 3.8) is 0 Å². The standard InChI is InChI=1S/C46H32N10O14S3/c47-33-15-17-35(53-51-27-5-1-3-23(19-27)45(59)60)31-21-37(72(65,66)67)41(43(57)39(31)33)55-49-25-7-11-29(12-8-25)71(63,64)30-13-9-26(10-14-30)50-56-42-38(73(68,69)70)22-32-36(18-16-34(48)40(32)44(42)58)54-52-28-6-2-4-24(20-28)46(61)62/h1-22,57-58H,47-48H2,(H,59,60)(H,61,62)(H,65,66,67)(H,68,69,70). The average molecular weight is 1050 g/mol. The first-order chi connectivity index (χ1) is 34.5. The van der Waals surface area contributed by atoms with Gasteiger partial charge in [-0.2, -0.15) is 37.3 Å². The fraction of sp³-hybridized carbons (Fsp3) is 0. The van der Waals surface area contributed by atoms with Crippen molar-refractivity contribution in [2.75, 3.05) is 11.5 Å². The van der Waals surface area contributed by atoms with E-state index in [2.05, 4.69) is 40.9 Å². The number of carboxylic acids is 2. The molecule has 368 valence electrons. The van der Waals surface area contributed by atoms with Crippen LogP contribution in [0.5, 0.6) is 11.5 Å². The summed E-state index contributed by atoms with van der Waals surface area (Å²) in [6, 6.07) is 27.6. The van der Waals surface area contributed by atoms with Gasteiger partial charge in [-0.1, -0.05) is 12.1 Å². The number of nitrogens with zero attached hydrogens (tertiary/aromatic N) is 8. The molecule has 27 heteroatoms. The molecule has 0 spiro atoms. The third-order valence-electron chi connectivity index (χ3n) is 10.6. The fourth-order valence-corrected chi connectivity index (χ4v) is 9.62. The first-order valence-corrected chi connectivity index (χ1v) is 24.8. The van der Waals surface area contributed by atoms with Crippen LogP contribution in [0.4, 0.5) is 56.9 Å². The van der Waals surface area contributed by atoms with Crippen LogP contribution in [0.2, 0.25) is 0 Å². The Bertz CT molecular complexity index is 3840. The lowest BCUT2D eigenvalue weighted by atomic mass is 10.0. The van der Waals surface area contributed by atoms with Crippen LogP contribution in [0.15, 0.2) is 194 Å². The molecule has 0 aromatic heterocycles. The Hall–Kier alpha value is -9.41. The Balaban J connectivity index is 1.05. The molecule has 0 amide bonds. The minimum Gasteiger partial charge on any atom is -0.505 e. The van der Waals surface area contributed by atoms with Gasteiger partial charge in [0.05, 0.1) is 65.8 Å². The van der Waals surface area contributed by atoms with Crippen molar-refractivity contribution in [1.82, 2.24) is 0 Å². The molecule has 0 radical (unpaired) electrons. The van der Waals surface area contributed by atoms with Crippen molar-refractivity contribution in [3.8, 4) is 11.5 Å². The van der Waals surface area contributed by atoms with Crippen LogP contribution in [0.25, 0.3) is 21.5 Å². The zero-order chi connectivity index (χ0) is 52.6.